The molecule has 1 aliphatic rings. The first kappa shape index (κ1) is 10.3. The highest BCUT2D eigenvalue weighted by atomic mass is 16.3. The lowest BCUT2D eigenvalue weighted by Crippen LogP contribution is -2.26. The summed E-state index contributed by atoms with van der Waals surface area (Å²) in [6.45, 7) is 2.74. The van der Waals surface area contributed by atoms with Crippen LogP contribution in [0.5, 0.6) is 11.5 Å². The fourth-order valence-corrected chi connectivity index (χ4v) is 2.11. The van der Waals surface area contributed by atoms with Crippen molar-refractivity contribution >= 4 is 0 Å². The maximum absolute atomic E-state index is 9.93. The van der Waals surface area contributed by atoms with Gasteiger partial charge in [0.2, 0.25) is 0 Å². The average molecular weight is 207 g/mol. The van der Waals surface area contributed by atoms with Crippen LogP contribution >= 0.6 is 0 Å². The summed E-state index contributed by atoms with van der Waals surface area (Å²) in [5.41, 5.74) is 1.48. The Bertz CT molecular complexity index is 357. The fraction of sp³-hybridized carbons (Fsp3) is 0.500. The van der Waals surface area contributed by atoms with E-state index in [1.807, 2.05) is 0 Å². The maximum atomic E-state index is 9.93. The number of benzene rings is 1. The molecule has 1 fully saturated rings. The van der Waals surface area contributed by atoms with Gasteiger partial charge in [0.1, 0.15) is 11.5 Å². The summed E-state index contributed by atoms with van der Waals surface area (Å²) in [4.78, 5) is 0. The number of phenolic OH excluding ortho intramolecular Hbond substituents is 2. The highest BCUT2D eigenvalue weighted by Crippen LogP contribution is 2.35. The molecule has 3 nitrogen and oxygen atoms in total. The van der Waals surface area contributed by atoms with Crippen molar-refractivity contribution in [3.8, 4) is 11.5 Å². The summed E-state index contributed by atoms with van der Waals surface area (Å²) in [7, 11) is 0. The Morgan fingerprint density at radius 1 is 1.27 bits per heavy atom. The molecule has 2 rings (SSSR count). The Balaban J connectivity index is 2.31. The summed E-state index contributed by atoms with van der Waals surface area (Å²) >= 11 is 0. The molecule has 1 atom stereocenters. The first-order valence-electron chi connectivity index (χ1n) is 5.45. The number of nitrogens with one attached hydrogen (secondary N) is 1. The SMILES string of the molecule is Cc1c(O)ccc(C2CCCCN2)c1O. The highest BCUT2D eigenvalue weighted by Gasteiger charge is 2.19. The molecule has 0 aromatic heterocycles. The molecular formula is C12H17NO2. The van der Waals surface area contributed by atoms with Gasteiger partial charge in [-0.05, 0) is 32.4 Å². The molecule has 1 unspecified atom stereocenters. The Morgan fingerprint density at radius 2 is 2.07 bits per heavy atom. The lowest BCUT2D eigenvalue weighted by molar-refractivity contribution is 0.385. The zero-order valence-electron chi connectivity index (χ0n) is 8.95. The number of phenols is 2. The molecule has 3 heteroatoms. The van der Waals surface area contributed by atoms with Gasteiger partial charge in [0, 0.05) is 17.2 Å². The van der Waals surface area contributed by atoms with Gasteiger partial charge in [-0.3, -0.25) is 0 Å². The standard InChI is InChI=1S/C12H17NO2/c1-8-11(14)6-5-9(12(8)15)10-4-2-3-7-13-10/h5-6,10,13-15H,2-4,7H2,1H3. The molecular weight excluding hydrogens is 190 g/mol. The predicted octanol–water partition coefficient (Wildman–Crippen LogP) is 2.22. The van der Waals surface area contributed by atoms with Crippen molar-refractivity contribution in [3.63, 3.8) is 0 Å². The zero-order valence-corrected chi connectivity index (χ0v) is 8.95. The molecule has 0 bridgehead atoms. The van der Waals surface area contributed by atoms with Crippen LogP contribution < -0.4 is 5.32 Å². The van der Waals surface area contributed by atoms with Crippen LogP contribution in [0.2, 0.25) is 0 Å². The smallest absolute Gasteiger partial charge is 0.126 e. The molecule has 1 aromatic carbocycles. The van der Waals surface area contributed by atoms with E-state index in [1.54, 1.807) is 19.1 Å². The minimum Gasteiger partial charge on any atom is -0.508 e. The summed E-state index contributed by atoms with van der Waals surface area (Å²) in [5.74, 6) is 0.390. The minimum absolute atomic E-state index is 0.159. The largest absolute Gasteiger partial charge is 0.508 e. The molecule has 0 amide bonds. The number of hydrogen-bond donors (Lipinski definition) is 3. The Labute approximate surface area is 89.8 Å². The molecule has 0 spiro atoms. The van der Waals surface area contributed by atoms with E-state index in [1.165, 1.54) is 12.8 Å². The van der Waals surface area contributed by atoms with Gasteiger partial charge < -0.3 is 15.5 Å². The van der Waals surface area contributed by atoms with Crippen molar-refractivity contribution in [2.75, 3.05) is 6.54 Å². The van der Waals surface area contributed by atoms with E-state index in [4.69, 9.17) is 0 Å². The third-order valence-corrected chi connectivity index (χ3v) is 3.12. The van der Waals surface area contributed by atoms with Crippen LogP contribution in [0.4, 0.5) is 0 Å². The summed E-state index contributed by atoms with van der Waals surface area (Å²) in [6.07, 6.45) is 3.45. The van der Waals surface area contributed by atoms with Gasteiger partial charge in [-0.15, -0.1) is 0 Å². The molecule has 1 aromatic rings. The molecule has 1 saturated heterocycles. The molecule has 3 N–H and O–H groups in total. The van der Waals surface area contributed by atoms with Crippen LogP contribution in [0.25, 0.3) is 0 Å². The number of hydrogen-bond acceptors (Lipinski definition) is 3. The predicted molar refractivity (Wildman–Crippen MR) is 59.1 cm³/mol. The Kier molecular flexibility index (Phi) is 2.82. The average Bonchev–Trinajstić information content (AvgIpc) is 2.27. The molecule has 82 valence electrons. The van der Waals surface area contributed by atoms with Crippen LogP contribution in [0.15, 0.2) is 12.1 Å². The lowest BCUT2D eigenvalue weighted by atomic mass is 9.95. The maximum Gasteiger partial charge on any atom is 0.126 e. The number of aromatic hydroxyl groups is 2. The third kappa shape index (κ3) is 1.92. The zero-order chi connectivity index (χ0) is 10.8. The van der Waals surface area contributed by atoms with Gasteiger partial charge in [-0.1, -0.05) is 12.5 Å². The van der Waals surface area contributed by atoms with Gasteiger partial charge in [-0.25, -0.2) is 0 Å². The van der Waals surface area contributed by atoms with Crippen molar-refractivity contribution in [1.82, 2.24) is 5.32 Å². The Hall–Kier alpha value is -1.22. The first-order chi connectivity index (χ1) is 7.20. The third-order valence-electron chi connectivity index (χ3n) is 3.12. The van der Waals surface area contributed by atoms with E-state index in [9.17, 15) is 10.2 Å². The van der Waals surface area contributed by atoms with Crippen molar-refractivity contribution in [1.29, 1.82) is 0 Å². The summed E-state index contributed by atoms with van der Waals surface area (Å²) < 4.78 is 0. The van der Waals surface area contributed by atoms with Gasteiger partial charge in [0.15, 0.2) is 0 Å². The number of rotatable bonds is 1. The molecule has 0 radical (unpaired) electrons. The van der Waals surface area contributed by atoms with Crippen LogP contribution in [0.3, 0.4) is 0 Å². The van der Waals surface area contributed by atoms with Crippen molar-refractivity contribution < 1.29 is 10.2 Å². The molecule has 0 aliphatic carbocycles. The lowest BCUT2D eigenvalue weighted by Gasteiger charge is -2.25. The minimum atomic E-state index is 0.159. The van der Waals surface area contributed by atoms with E-state index in [2.05, 4.69) is 5.32 Å². The monoisotopic (exact) mass is 207 g/mol. The van der Waals surface area contributed by atoms with Gasteiger partial charge >= 0.3 is 0 Å². The fourth-order valence-electron chi connectivity index (χ4n) is 2.11. The van der Waals surface area contributed by atoms with E-state index in [-0.39, 0.29) is 17.5 Å². The molecule has 15 heavy (non-hydrogen) atoms. The van der Waals surface area contributed by atoms with Crippen LogP contribution in [-0.2, 0) is 0 Å². The van der Waals surface area contributed by atoms with Crippen molar-refractivity contribution in [2.45, 2.75) is 32.2 Å². The van der Waals surface area contributed by atoms with Crippen molar-refractivity contribution in [3.05, 3.63) is 23.3 Å². The first-order valence-corrected chi connectivity index (χ1v) is 5.45. The van der Waals surface area contributed by atoms with E-state index < -0.39 is 0 Å². The summed E-state index contributed by atoms with van der Waals surface area (Å²) in [6, 6.07) is 3.69. The van der Waals surface area contributed by atoms with Crippen LogP contribution in [0, 0.1) is 6.92 Å². The quantitative estimate of drug-likeness (QED) is 0.662. The van der Waals surface area contributed by atoms with E-state index in [0.29, 0.717) is 5.56 Å². The second-order valence-electron chi connectivity index (χ2n) is 4.15. The molecule has 1 aliphatic heterocycles. The van der Waals surface area contributed by atoms with Crippen molar-refractivity contribution in [2.24, 2.45) is 0 Å². The van der Waals surface area contributed by atoms with Crippen LogP contribution in [-0.4, -0.2) is 16.8 Å². The van der Waals surface area contributed by atoms with Gasteiger partial charge in [-0.2, -0.15) is 0 Å². The van der Waals surface area contributed by atoms with E-state index >= 15 is 0 Å². The Morgan fingerprint density at radius 3 is 2.73 bits per heavy atom. The number of piperidine rings is 1. The van der Waals surface area contributed by atoms with Gasteiger partial charge in [0.05, 0.1) is 0 Å². The molecule has 0 saturated carbocycles. The molecule has 1 heterocycles. The van der Waals surface area contributed by atoms with E-state index in [0.717, 1.165) is 18.5 Å². The topological polar surface area (TPSA) is 52.5 Å². The van der Waals surface area contributed by atoms with Crippen LogP contribution in [0.1, 0.15) is 36.4 Å². The second-order valence-corrected chi connectivity index (χ2v) is 4.15. The second kappa shape index (κ2) is 4.11. The highest BCUT2D eigenvalue weighted by molar-refractivity contribution is 5.48. The summed E-state index contributed by atoms with van der Waals surface area (Å²) in [5, 5.41) is 22.8. The normalized spacial score (nSPS) is 21.5. The van der Waals surface area contributed by atoms with Gasteiger partial charge in [0.25, 0.3) is 0 Å².